The minimum atomic E-state index is -0.440. The van der Waals surface area contributed by atoms with Crippen molar-refractivity contribution in [3.8, 4) is 11.4 Å². The maximum absolute atomic E-state index is 12.5. The van der Waals surface area contributed by atoms with Crippen LogP contribution in [0.4, 0.5) is 0 Å². The summed E-state index contributed by atoms with van der Waals surface area (Å²) in [6.07, 6.45) is 1.74. The Kier molecular flexibility index (Phi) is 5.62. The number of unbranched alkanes of at least 4 members (excludes halogenated alkanes) is 1. The fourth-order valence-electron chi connectivity index (χ4n) is 3.35. The number of aryl methyl sites for hydroxylation is 2. The molecule has 11 heteroatoms. The van der Waals surface area contributed by atoms with E-state index in [0.717, 1.165) is 22.9 Å². The summed E-state index contributed by atoms with van der Waals surface area (Å²) in [5, 5.41) is 12.7. The fraction of sp³-hybridized carbons (Fsp3) is 0.368. The third-order valence-electron chi connectivity index (χ3n) is 4.85. The number of rotatable bonds is 7. The summed E-state index contributed by atoms with van der Waals surface area (Å²) in [7, 11) is 0. The van der Waals surface area contributed by atoms with Crippen LogP contribution in [0.2, 0.25) is 0 Å². The number of H-pyrrole nitrogens is 1. The van der Waals surface area contributed by atoms with Gasteiger partial charge in [-0.1, -0.05) is 29.3 Å². The Balaban J connectivity index is 1.74. The van der Waals surface area contributed by atoms with Gasteiger partial charge >= 0.3 is 5.69 Å². The van der Waals surface area contributed by atoms with Gasteiger partial charge in [-0.15, -0.1) is 10.2 Å². The van der Waals surface area contributed by atoms with E-state index in [1.165, 1.54) is 9.36 Å². The number of imidazole rings is 1. The number of nitrogens with one attached hydrogen (secondary N) is 1. The van der Waals surface area contributed by atoms with Gasteiger partial charge in [-0.25, -0.2) is 9.78 Å². The standard InChI is InChI=1S/C19H21BrN8O2/c1-3-5-10-27-17-15(18(29)22-19(27)30)26(4-2)14(21-17)11-28-24-16(23-25-28)12-6-8-13(20)9-7-12/h6-9H,3-5,10-11H2,1-2H3,(H,22,29,30). The molecule has 30 heavy (non-hydrogen) atoms. The Labute approximate surface area is 179 Å². The molecule has 10 nitrogen and oxygen atoms in total. The highest BCUT2D eigenvalue weighted by Crippen LogP contribution is 2.18. The molecule has 3 heterocycles. The first-order chi connectivity index (χ1) is 14.5. The molecule has 0 aliphatic rings. The van der Waals surface area contributed by atoms with Gasteiger partial charge in [-0.2, -0.15) is 4.80 Å². The van der Waals surface area contributed by atoms with Crippen molar-refractivity contribution in [1.82, 2.24) is 39.3 Å². The van der Waals surface area contributed by atoms with Crippen LogP contribution in [-0.2, 0) is 19.6 Å². The lowest BCUT2D eigenvalue weighted by Gasteiger charge is -2.06. The zero-order valence-corrected chi connectivity index (χ0v) is 18.3. The maximum Gasteiger partial charge on any atom is 0.330 e. The number of aromatic nitrogens is 8. The predicted molar refractivity (Wildman–Crippen MR) is 115 cm³/mol. The average Bonchev–Trinajstić information content (AvgIpc) is 3.33. The number of hydrogen-bond acceptors (Lipinski definition) is 6. The maximum atomic E-state index is 12.5. The topological polar surface area (TPSA) is 116 Å². The van der Waals surface area contributed by atoms with Gasteiger partial charge in [-0.05, 0) is 42.8 Å². The molecule has 4 aromatic rings. The van der Waals surface area contributed by atoms with E-state index in [2.05, 4.69) is 41.3 Å². The predicted octanol–water partition coefficient (Wildman–Crippen LogP) is 2.17. The molecule has 0 bridgehead atoms. The molecule has 3 aromatic heterocycles. The van der Waals surface area contributed by atoms with Crippen molar-refractivity contribution in [2.24, 2.45) is 0 Å². The van der Waals surface area contributed by atoms with Crippen LogP contribution >= 0.6 is 15.9 Å². The summed E-state index contributed by atoms with van der Waals surface area (Å²) in [6, 6.07) is 7.63. The Bertz CT molecular complexity index is 1300. The van der Waals surface area contributed by atoms with Crippen LogP contribution in [0.15, 0.2) is 38.3 Å². The van der Waals surface area contributed by atoms with E-state index in [0.29, 0.717) is 35.9 Å². The molecule has 0 amide bonds. The Morgan fingerprint density at radius 1 is 1.10 bits per heavy atom. The quantitative estimate of drug-likeness (QED) is 0.440. The Hall–Kier alpha value is -3.08. The normalized spacial score (nSPS) is 11.4. The molecule has 0 saturated heterocycles. The molecular formula is C19H21BrN8O2. The molecule has 0 fully saturated rings. The summed E-state index contributed by atoms with van der Waals surface area (Å²) in [5.74, 6) is 1.09. The van der Waals surface area contributed by atoms with Crippen LogP contribution in [0.3, 0.4) is 0 Å². The van der Waals surface area contributed by atoms with Crippen LogP contribution in [0.25, 0.3) is 22.6 Å². The lowest BCUT2D eigenvalue weighted by Crippen LogP contribution is -2.31. The van der Waals surface area contributed by atoms with Crippen LogP contribution in [-0.4, -0.2) is 39.3 Å². The second-order valence-corrected chi connectivity index (χ2v) is 7.77. The van der Waals surface area contributed by atoms with Gasteiger partial charge in [0.1, 0.15) is 12.4 Å². The van der Waals surface area contributed by atoms with Crippen LogP contribution in [0, 0.1) is 0 Å². The van der Waals surface area contributed by atoms with Crippen molar-refractivity contribution in [1.29, 1.82) is 0 Å². The number of fused-ring (bicyclic) bond motifs is 1. The van der Waals surface area contributed by atoms with Crippen LogP contribution < -0.4 is 11.2 Å². The zero-order valence-electron chi connectivity index (χ0n) is 16.7. The minimum absolute atomic E-state index is 0.230. The number of tetrazole rings is 1. The third-order valence-corrected chi connectivity index (χ3v) is 5.38. The van der Waals surface area contributed by atoms with Crippen molar-refractivity contribution in [2.45, 2.75) is 46.3 Å². The zero-order chi connectivity index (χ0) is 21.3. The van der Waals surface area contributed by atoms with Crippen LogP contribution in [0.1, 0.15) is 32.5 Å². The van der Waals surface area contributed by atoms with Crippen molar-refractivity contribution in [2.75, 3.05) is 0 Å². The second-order valence-electron chi connectivity index (χ2n) is 6.86. The number of halogens is 1. The van der Waals surface area contributed by atoms with Gasteiger partial charge < -0.3 is 4.57 Å². The summed E-state index contributed by atoms with van der Waals surface area (Å²) < 4.78 is 4.28. The highest BCUT2D eigenvalue weighted by Gasteiger charge is 2.19. The second kappa shape index (κ2) is 8.34. The van der Waals surface area contributed by atoms with Crippen molar-refractivity contribution < 1.29 is 0 Å². The molecule has 0 radical (unpaired) electrons. The van der Waals surface area contributed by atoms with Crippen molar-refractivity contribution >= 4 is 27.1 Å². The molecule has 0 spiro atoms. The molecule has 0 aliphatic carbocycles. The fourth-order valence-corrected chi connectivity index (χ4v) is 3.62. The highest BCUT2D eigenvalue weighted by atomic mass is 79.9. The average molecular weight is 473 g/mol. The van der Waals surface area contributed by atoms with Gasteiger partial charge in [0.05, 0.1) is 0 Å². The van der Waals surface area contributed by atoms with E-state index in [9.17, 15) is 9.59 Å². The lowest BCUT2D eigenvalue weighted by atomic mass is 10.2. The lowest BCUT2D eigenvalue weighted by molar-refractivity contribution is 0.536. The molecule has 0 aliphatic heterocycles. The Morgan fingerprint density at radius 3 is 2.57 bits per heavy atom. The number of nitrogens with zero attached hydrogens (tertiary/aromatic N) is 7. The first kappa shape index (κ1) is 20.2. The molecule has 0 saturated carbocycles. The van der Waals surface area contributed by atoms with Gasteiger partial charge in [0.15, 0.2) is 11.2 Å². The molecule has 0 atom stereocenters. The SMILES string of the molecule is CCCCn1c(=O)[nH]c(=O)c2c1nc(Cn1nnc(-c3ccc(Br)cc3)n1)n2CC. The van der Waals surface area contributed by atoms with Gasteiger partial charge in [0, 0.05) is 23.1 Å². The largest absolute Gasteiger partial charge is 0.330 e. The van der Waals surface area contributed by atoms with E-state index in [1.807, 2.05) is 38.1 Å². The van der Waals surface area contributed by atoms with Gasteiger partial charge in [0.2, 0.25) is 5.82 Å². The third kappa shape index (κ3) is 3.72. The van der Waals surface area contributed by atoms with Crippen LogP contribution in [0.5, 0.6) is 0 Å². The van der Waals surface area contributed by atoms with Gasteiger partial charge in [0.25, 0.3) is 5.56 Å². The molecule has 1 aromatic carbocycles. The van der Waals surface area contributed by atoms with Crippen molar-refractivity contribution in [3.63, 3.8) is 0 Å². The van der Waals surface area contributed by atoms with E-state index < -0.39 is 11.2 Å². The molecule has 4 rings (SSSR count). The highest BCUT2D eigenvalue weighted by molar-refractivity contribution is 9.10. The summed E-state index contributed by atoms with van der Waals surface area (Å²) in [4.78, 5) is 33.3. The summed E-state index contributed by atoms with van der Waals surface area (Å²) >= 11 is 3.41. The molecule has 156 valence electrons. The van der Waals surface area contributed by atoms with Gasteiger partial charge in [-0.3, -0.25) is 14.3 Å². The molecule has 0 unspecified atom stereocenters. The van der Waals surface area contributed by atoms with Crippen molar-refractivity contribution in [3.05, 3.63) is 55.4 Å². The Morgan fingerprint density at radius 2 is 1.87 bits per heavy atom. The number of aromatic amines is 1. The minimum Gasteiger partial charge on any atom is -0.321 e. The van der Waals surface area contributed by atoms with E-state index in [1.54, 1.807) is 4.57 Å². The number of hydrogen-bond donors (Lipinski definition) is 1. The monoisotopic (exact) mass is 472 g/mol. The smallest absolute Gasteiger partial charge is 0.321 e. The molecular weight excluding hydrogens is 452 g/mol. The summed E-state index contributed by atoms with van der Waals surface area (Å²) in [6.45, 7) is 5.22. The first-order valence-electron chi connectivity index (χ1n) is 9.77. The van der Waals surface area contributed by atoms with E-state index in [4.69, 9.17) is 0 Å². The molecule has 1 N–H and O–H groups in total. The summed E-state index contributed by atoms with van der Waals surface area (Å²) in [5.41, 5.74) is 0.743. The first-order valence-corrected chi connectivity index (χ1v) is 10.6. The van der Waals surface area contributed by atoms with E-state index in [-0.39, 0.29) is 6.54 Å². The number of benzene rings is 1. The van der Waals surface area contributed by atoms with E-state index >= 15 is 0 Å².